The maximum atomic E-state index is 13.5. The maximum Gasteiger partial charge on any atom is 0.186 e. The first-order valence-electron chi connectivity index (χ1n) is 11.6. The largest absolute Gasteiger partial charge is 0.454 e. The van der Waals surface area contributed by atoms with E-state index in [0.29, 0.717) is 11.5 Å². The molecule has 1 aliphatic carbocycles. The van der Waals surface area contributed by atoms with Crippen LogP contribution in [-0.4, -0.2) is 5.78 Å². The molecule has 1 aromatic heterocycles. The van der Waals surface area contributed by atoms with Crippen LogP contribution in [0.2, 0.25) is 0 Å². The summed E-state index contributed by atoms with van der Waals surface area (Å²) in [5.74, 6) is 0.709. The highest BCUT2D eigenvalue weighted by Crippen LogP contribution is 2.41. The normalized spacial score (nSPS) is 15.1. The molecular weight excluding hydrogens is 420 g/mol. The van der Waals surface area contributed by atoms with Crippen molar-refractivity contribution in [2.45, 2.75) is 48.5 Å². The molecule has 3 aromatic rings. The van der Waals surface area contributed by atoms with Crippen molar-refractivity contribution in [2.24, 2.45) is 21.1 Å². The van der Waals surface area contributed by atoms with Gasteiger partial charge >= 0.3 is 0 Å². The lowest BCUT2D eigenvalue weighted by Gasteiger charge is -2.31. The predicted octanol–water partition coefficient (Wildman–Crippen LogP) is 8.76. The molecule has 1 aliphatic rings. The van der Waals surface area contributed by atoms with E-state index in [-0.39, 0.29) is 16.6 Å². The number of carbonyl (C=O) groups excluding carboxylic acids is 1. The lowest BCUT2D eigenvalue weighted by Crippen LogP contribution is -2.28. The van der Waals surface area contributed by atoms with E-state index in [0.717, 1.165) is 38.9 Å². The van der Waals surface area contributed by atoms with Gasteiger partial charge in [0.15, 0.2) is 11.5 Å². The number of para-hydroxylation sites is 1. The van der Waals surface area contributed by atoms with Gasteiger partial charge in [-0.05, 0) is 53.7 Å². The molecule has 0 radical (unpaired) electrons. The van der Waals surface area contributed by atoms with Crippen molar-refractivity contribution in [3.05, 3.63) is 94.8 Å². The third-order valence-corrected chi connectivity index (χ3v) is 6.01. The average molecular weight is 453 g/mol. The first kappa shape index (κ1) is 23.6. The minimum absolute atomic E-state index is 0.0866. The van der Waals surface area contributed by atoms with Gasteiger partial charge in [-0.1, -0.05) is 77.9 Å². The average Bonchev–Trinajstić information content (AvgIpc) is 3.18. The van der Waals surface area contributed by atoms with Crippen LogP contribution in [0.25, 0.3) is 16.7 Å². The Labute approximate surface area is 201 Å². The van der Waals surface area contributed by atoms with E-state index in [2.05, 4.69) is 46.7 Å². The van der Waals surface area contributed by atoms with Gasteiger partial charge in [-0.2, -0.15) is 5.11 Å². The molecule has 0 N–H and O–H groups in total. The molecule has 0 bridgehead atoms. The van der Waals surface area contributed by atoms with Gasteiger partial charge in [0.2, 0.25) is 0 Å². The second-order valence-electron chi connectivity index (χ2n) is 10.9. The lowest BCUT2D eigenvalue weighted by atomic mass is 9.71. The summed E-state index contributed by atoms with van der Waals surface area (Å²) >= 11 is 0. The molecule has 0 saturated heterocycles. The summed E-state index contributed by atoms with van der Waals surface area (Å²) in [6.07, 6.45) is 3.91. The number of aryl methyl sites for hydroxylation is 1. The quantitative estimate of drug-likeness (QED) is 0.373. The standard InChI is InChI=1S/C30H32N2O2/c1-19-12-8-10-14-24(19)31-32-27(26-18-20-13-9-11-15-25(20)34-26)21-16-22(29(2,3)4)28(33)23(17-21)30(5,6)7/h8-18H,1-7H3. The van der Waals surface area contributed by atoms with Crippen LogP contribution < -0.4 is 0 Å². The number of hydrogen-bond donors (Lipinski definition) is 0. The number of nitrogens with zero attached hydrogens (tertiary/aromatic N) is 2. The molecule has 2 aromatic carbocycles. The molecule has 0 amide bonds. The van der Waals surface area contributed by atoms with Gasteiger partial charge in [0, 0.05) is 22.1 Å². The van der Waals surface area contributed by atoms with Crippen LogP contribution >= 0.6 is 0 Å². The molecule has 0 saturated carbocycles. The Bertz CT molecular complexity index is 1310. The fraction of sp³-hybridized carbons (Fsp3) is 0.300. The number of azo groups is 1. The van der Waals surface area contributed by atoms with Gasteiger partial charge in [0.1, 0.15) is 11.3 Å². The van der Waals surface area contributed by atoms with Crippen molar-refractivity contribution in [1.29, 1.82) is 0 Å². The highest BCUT2D eigenvalue weighted by atomic mass is 16.3. The third kappa shape index (κ3) is 4.72. The summed E-state index contributed by atoms with van der Waals surface area (Å²) in [5.41, 5.74) is 4.93. The summed E-state index contributed by atoms with van der Waals surface area (Å²) in [4.78, 5) is 13.5. The first-order valence-corrected chi connectivity index (χ1v) is 11.6. The van der Waals surface area contributed by atoms with Crippen LogP contribution in [0.15, 0.2) is 98.1 Å². The monoisotopic (exact) mass is 452 g/mol. The van der Waals surface area contributed by atoms with Crippen LogP contribution in [-0.2, 0) is 4.79 Å². The van der Waals surface area contributed by atoms with Crippen molar-refractivity contribution < 1.29 is 9.21 Å². The molecule has 0 atom stereocenters. The highest BCUT2D eigenvalue weighted by Gasteiger charge is 2.35. The Kier molecular flexibility index (Phi) is 6.03. The Balaban J connectivity index is 2.01. The van der Waals surface area contributed by atoms with Crippen LogP contribution in [0.3, 0.4) is 0 Å². The Hall–Kier alpha value is -3.53. The lowest BCUT2D eigenvalue weighted by molar-refractivity contribution is -0.114. The topological polar surface area (TPSA) is 54.9 Å². The summed E-state index contributed by atoms with van der Waals surface area (Å²) in [5, 5.41) is 10.3. The van der Waals surface area contributed by atoms with Crippen LogP contribution in [0, 0.1) is 17.8 Å². The first-order chi connectivity index (χ1) is 15.9. The zero-order chi connectivity index (χ0) is 24.7. The second kappa shape index (κ2) is 8.68. The maximum absolute atomic E-state index is 13.5. The minimum atomic E-state index is -0.320. The molecule has 0 spiro atoms. The number of Topliss-reactive ketones (excluding diaryl/α,β-unsaturated/α-hetero) is 1. The van der Waals surface area contributed by atoms with E-state index < -0.39 is 0 Å². The molecule has 4 heteroatoms. The van der Waals surface area contributed by atoms with Crippen LogP contribution in [0.4, 0.5) is 5.69 Å². The molecule has 34 heavy (non-hydrogen) atoms. The fourth-order valence-electron chi connectivity index (χ4n) is 4.01. The second-order valence-corrected chi connectivity index (χ2v) is 10.9. The SMILES string of the molecule is Cc1ccccc1N=NC(=C1C=C(C(C)(C)C)C(=O)C(C(C)(C)C)=C1)c1cc2ccccc2o1. The van der Waals surface area contributed by atoms with E-state index >= 15 is 0 Å². The van der Waals surface area contributed by atoms with Gasteiger partial charge in [0.25, 0.3) is 0 Å². The zero-order valence-corrected chi connectivity index (χ0v) is 21.1. The molecule has 0 unspecified atom stereocenters. The van der Waals surface area contributed by atoms with E-state index in [4.69, 9.17) is 9.53 Å². The van der Waals surface area contributed by atoms with E-state index in [1.165, 1.54) is 0 Å². The van der Waals surface area contributed by atoms with Gasteiger partial charge in [-0.15, -0.1) is 5.11 Å². The minimum Gasteiger partial charge on any atom is -0.454 e. The van der Waals surface area contributed by atoms with Gasteiger partial charge in [0.05, 0.1) is 5.69 Å². The number of rotatable bonds is 3. The van der Waals surface area contributed by atoms with Gasteiger partial charge in [-0.3, -0.25) is 4.79 Å². The van der Waals surface area contributed by atoms with Crippen LogP contribution in [0.1, 0.15) is 52.9 Å². The van der Waals surface area contributed by atoms with Gasteiger partial charge in [-0.25, -0.2) is 0 Å². The van der Waals surface area contributed by atoms with Crippen molar-refractivity contribution in [2.75, 3.05) is 0 Å². The smallest absolute Gasteiger partial charge is 0.186 e. The summed E-state index contributed by atoms with van der Waals surface area (Å²) in [6, 6.07) is 17.8. The molecular formula is C30H32N2O2. The number of hydrogen-bond acceptors (Lipinski definition) is 4. The summed E-state index contributed by atoms with van der Waals surface area (Å²) in [7, 11) is 0. The molecule has 0 fully saturated rings. The number of fused-ring (bicyclic) bond motifs is 1. The van der Waals surface area contributed by atoms with Crippen LogP contribution in [0.5, 0.6) is 0 Å². The number of benzene rings is 2. The number of furan rings is 1. The molecule has 0 aliphatic heterocycles. The number of carbonyl (C=O) groups is 1. The summed E-state index contributed by atoms with van der Waals surface area (Å²) in [6.45, 7) is 14.4. The fourth-order valence-corrected chi connectivity index (χ4v) is 4.01. The number of ketones is 1. The molecule has 1 heterocycles. The van der Waals surface area contributed by atoms with Crippen molar-refractivity contribution in [1.82, 2.24) is 0 Å². The van der Waals surface area contributed by atoms with E-state index in [1.54, 1.807) is 0 Å². The Morgan fingerprint density at radius 3 is 2.00 bits per heavy atom. The molecule has 4 rings (SSSR count). The third-order valence-electron chi connectivity index (χ3n) is 6.01. The highest BCUT2D eigenvalue weighted by molar-refractivity contribution is 6.12. The van der Waals surface area contributed by atoms with Crippen molar-refractivity contribution in [3.8, 4) is 0 Å². The predicted molar refractivity (Wildman–Crippen MR) is 139 cm³/mol. The molecule has 4 nitrogen and oxygen atoms in total. The zero-order valence-electron chi connectivity index (χ0n) is 21.1. The Morgan fingerprint density at radius 2 is 1.41 bits per heavy atom. The van der Waals surface area contributed by atoms with E-state index in [9.17, 15) is 4.79 Å². The van der Waals surface area contributed by atoms with Crippen molar-refractivity contribution in [3.63, 3.8) is 0 Å². The number of allylic oxidation sites excluding steroid dienone is 5. The summed E-state index contributed by atoms with van der Waals surface area (Å²) < 4.78 is 6.22. The molecule has 174 valence electrons. The van der Waals surface area contributed by atoms with Gasteiger partial charge < -0.3 is 4.42 Å². The van der Waals surface area contributed by atoms with Crippen molar-refractivity contribution >= 4 is 28.1 Å². The van der Waals surface area contributed by atoms with E-state index in [1.807, 2.05) is 73.7 Å². The Morgan fingerprint density at radius 1 is 0.824 bits per heavy atom.